The van der Waals surface area contributed by atoms with E-state index < -0.39 is 5.60 Å². The molecule has 0 aromatic heterocycles. The van der Waals surface area contributed by atoms with Crippen LogP contribution in [0.15, 0.2) is 0 Å². The number of hydrogen-bond acceptors (Lipinski definition) is 3. The van der Waals surface area contributed by atoms with Crippen molar-refractivity contribution in [2.75, 3.05) is 33.8 Å². The molecule has 4 nitrogen and oxygen atoms in total. The van der Waals surface area contributed by atoms with Gasteiger partial charge in [0.15, 0.2) is 0 Å². The van der Waals surface area contributed by atoms with Crippen LogP contribution in [-0.4, -0.2) is 61.1 Å². The Morgan fingerprint density at radius 3 is 2.53 bits per heavy atom. The average molecular weight is 212 g/mol. The molecule has 2 aliphatic rings. The molecule has 1 amide bonds. The first-order chi connectivity index (χ1) is 7.09. The van der Waals surface area contributed by atoms with Crippen molar-refractivity contribution in [3.8, 4) is 0 Å². The Hall–Kier alpha value is -0.610. The minimum Gasteiger partial charge on any atom is -0.368 e. The fourth-order valence-electron chi connectivity index (χ4n) is 2.32. The predicted molar refractivity (Wildman–Crippen MR) is 57.6 cm³/mol. The van der Waals surface area contributed by atoms with Crippen molar-refractivity contribution in [2.45, 2.75) is 31.4 Å². The quantitative estimate of drug-likeness (QED) is 0.661. The highest BCUT2D eigenvalue weighted by molar-refractivity contribution is 5.88. The highest BCUT2D eigenvalue weighted by Gasteiger charge is 2.53. The number of carbonyl (C=O) groups excluding carboxylic acids is 1. The van der Waals surface area contributed by atoms with Crippen LogP contribution >= 0.6 is 0 Å². The largest absolute Gasteiger partial charge is 0.368 e. The molecule has 1 saturated carbocycles. The van der Waals surface area contributed by atoms with Crippen LogP contribution in [0.25, 0.3) is 0 Å². The second-order valence-corrected chi connectivity index (χ2v) is 4.81. The maximum Gasteiger partial charge on any atom is 0.255 e. The van der Waals surface area contributed by atoms with E-state index in [0.29, 0.717) is 6.04 Å². The Bertz CT molecular complexity index is 263. The van der Waals surface area contributed by atoms with Crippen LogP contribution in [-0.2, 0) is 9.53 Å². The number of methoxy groups -OCH3 is 1. The fraction of sp³-hybridized carbons (Fsp3) is 0.909. The Balaban J connectivity index is 2.01. The molecule has 15 heavy (non-hydrogen) atoms. The van der Waals surface area contributed by atoms with Crippen molar-refractivity contribution >= 4 is 5.91 Å². The second-order valence-electron chi connectivity index (χ2n) is 4.81. The summed E-state index contributed by atoms with van der Waals surface area (Å²) in [6.07, 6.45) is 1.78. The third-order valence-electron chi connectivity index (χ3n) is 3.58. The van der Waals surface area contributed by atoms with Gasteiger partial charge in [-0.3, -0.25) is 4.79 Å². The molecular weight excluding hydrogens is 192 g/mol. The lowest BCUT2D eigenvalue weighted by Crippen LogP contribution is -2.56. The molecule has 1 saturated heterocycles. The highest BCUT2D eigenvalue weighted by Crippen LogP contribution is 2.41. The van der Waals surface area contributed by atoms with Gasteiger partial charge >= 0.3 is 0 Å². The zero-order valence-corrected chi connectivity index (χ0v) is 9.82. The highest BCUT2D eigenvalue weighted by atomic mass is 16.5. The van der Waals surface area contributed by atoms with Crippen molar-refractivity contribution in [1.29, 1.82) is 0 Å². The number of amides is 1. The number of likely N-dealkylation sites (N-methyl/N-ethyl adjacent to an activating group) is 1. The lowest BCUT2D eigenvalue weighted by Gasteiger charge is -2.39. The van der Waals surface area contributed by atoms with Gasteiger partial charge in [-0.2, -0.15) is 0 Å². The van der Waals surface area contributed by atoms with Crippen molar-refractivity contribution in [2.24, 2.45) is 0 Å². The lowest BCUT2D eigenvalue weighted by molar-refractivity contribution is -0.149. The molecule has 86 valence electrons. The number of rotatable bonds is 2. The van der Waals surface area contributed by atoms with Gasteiger partial charge in [-0.05, 0) is 26.8 Å². The van der Waals surface area contributed by atoms with Crippen molar-refractivity contribution in [1.82, 2.24) is 9.80 Å². The van der Waals surface area contributed by atoms with E-state index in [1.165, 1.54) is 0 Å². The fourth-order valence-corrected chi connectivity index (χ4v) is 2.32. The van der Waals surface area contributed by atoms with Crippen LogP contribution in [0.5, 0.6) is 0 Å². The summed E-state index contributed by atoms with van der Waals surface area (Å²) < 4.78 is 5.33. The van der Waals surface area contributed by atoms with Crippen LogP contribution < -0.4 is 0 Å². The monoisotopic (exact) mass is 212 g/mol. The van der Waals surface area contributed by atoms with Crippen LogP contribution in [0, 0.1) is 0 Å². The second kappa shape index (κ2) is 3.76. The Morgan fingerprint density at radius 1 is 1.40 bits per heavy atom. The number of piperazine rings is 1. The molecule has 0 spiro atoms. The summed E-state index contributed by atoms with van der Waals surface area (Å²) in [6.45, 7) is 4.88. The number of ether oxygens (including phenoxy) is 1. The summed E-state index contributed by atoms with van der Waals surface area (Å²) in [6, 6.07) is 0.309. The van der Waals surface area contributed by atoms with E-state index in [-0.39, 0.29) is 5.91 Å². The summed E-state index contributed by atoms with van der Waals surface area (Å²) in [5.74, 6) is 0.200. The van der Waals surface area contributed by atoms with Gasteiger partial charge in [0.1, 0.15) is 5.60 Å². The zero-order valence-electron chi connectivity index (χ0n) is 9.82. The van der Waals surface area contributed by atoms with Gasteiger partial charge in [-0.25, -0.2) is 0 Å². The molecule has 4 heteroatoms. The van der Waals surface area contributed by atoms with Gasteiger partial charge in [0.2, 0.25) is 0 Å². The maximum atomic E-state index is 12.2. The van der Waals surface area contributed by atoms with E-state index in [1.807, 2.05) is 4.90 Å². The third-order valence-corrected chi connectivity index (χ3v) is 3.58. The van der Waals surface area contributed by atoms with Gasteiger partial charge in [-0.15, -0.1) is 0 Å². The summed E-state index contributed by atoms with van der Waals surface area (Å²) >= 11 is 0. The zero-order chi connectivity index (χ0) is 11.1. The molecule has 1 unspecified atom stereocenters. The average Bonchev–Trinajstić information content (AvgIpc) is 2.97. The maximum absolute atomic E-state index is 12.2. The van der Waals surface area contributed by atoms with Gasteiger partial charge < -0.3 is 14.5 Å². The number of hydrogen-bond donors (Lipinski definition) is 0. The first kappa shape index (κ1) is 10.9. The van der Waals surface area contributed by atoms with Crippen molar-refractivity contribution in [3.05, 3.63) is 0 Å². The number of carbonyl (C=O) groups is 1. The molecule has 0 bridgehead atoms. The molecule has 0 aromatic rings. The van der Waals surface area contributed by atoms with Gasteiger partial charge in [-0.1, -0.05) is 0 Å². The summed E-state index contributed by atoms with van der Waals surface area (Å²) in [5.41, 5.74) is -0.454. The van der Waals surface area contributed by atoms with E-state index in [2.05, 4.69) is 18.9 Å². The van der Waals surface area contributed by atoms with Gasteiger partial charge in [0.25, 0.3) is 5.91 Å². The minimum absolute atomic E-state index is 0.200. The molecule has 0 N–H and O–H groups in total. The SMILES string of the molecule is COC1(C(=O)N2CCN(C)CC2C)CC1. The van der Waals surface area contributed by atoms with E-state index in [9.17, 15) is 4.79 Å². The smallest absolute Gasteiger partial charge is 0.255 e. The van der Waals surface area contributed by atoms with Crippen molar-refractivity contribution < 1.29 is 9.53 Å². The van der Waals surface area contributed by atoms with E-state index in [1.54, 1.807) is 7.11 Å². The normalized spacial score (nSPS) is 30.3. The lowest BCUT2D eigenvalue weighted by atomic mass is 10.1. The Kier molecular flexibility index (Phi) is 2.73. The first-order valence-electron chi connectivity index (χ1n) is 5.64. The van der Waals surface area contributed by atoms with Crippen molar-refractivity contribution in [3.63, 3.8) is 0 Å². The Labute approximate surface area is 91.2 Å². The molecule has 0 radical (unpaired) electrons. The standard InChI is InChI=1S/C11H20N2O2/c1-9-8-12(2)6-7-13(9)10(14)11(15-3)4-5-11/h9H,4-8H2,1-3H3. The number of nitrogens with zero attached hydrogens (tertiary/aromatic N) is 2. The molecule has 0 aromatic carbocycles. The Morgan fingerprint density at radius 2 is 2.07 bits per heavy atom. The summed E-state index contributed by atoms with van der Waals surface area (Å²) in [4.78, 5) is 16.5. The minimum atomic E-state index is -0.454. The summed E-state index contributed by atoms with van der Waals surface area (Å²) in [7, 11) is 3.74. The molecule has 1 atom stereocenters. The molecular formula is C11H20N2O2. The van der Waals surface area contributed by atoms with Gasteiger partial charge in [0.05, 0.1) is 0 Å². The van der Waals surface area contributed by atoms with E-state index in [0.717, 1.165) is 32.5 Å². The van der Waals surface area contributed by atoms with Crippen LogP contribution in [0.1, 0.15) is 19.8 Å². The molecule has 1 aliphatic carbocycles. The first-order valence-corrected chi connectivity index (χ1v) is 5.64. The molecule has 2 fully saturated rings. The molecule has 1 aliphatic heterocycles. The predicted octanol–water partition coefficient (Wildman–Crippen LogP) is 0.328. The van der Waals surface area contributed by atoms with E-state index >= 15 is 0 Å². The van der Waals surface area contributed by atoms with Crippen LogP contribution in [0.4, 0.5) is 0 Å². The summed E-state index contributed by atoms with van der Waals surface area (Å²) in [5, 5.41) is 0. The van der Waals surface area contributed by atoms with Gasteiger partial charge in [0, 0.05) is 32.8 Å². The van der Waals surface area contributed by atoms with E-state index in [4.69, 9.17) is 4.74 Å². The topological polar surface area (TPSA) is 32.8 Å². The molecule has 2 rings (SSSR count). The van der Waals surface area contributed by atoms with Crippen LogP contribution in [0.2, 0.25) is 0 Å². The van der Waals surface area contributed by atoms with Crippen LogP contribution in [0.3, 0.4) is 0 Å². The third kappa shape index (κ3) is 1.88. The molecule has 1 heterocycles.